The molecule has 106 valence electrons. The number of methoxy groups -OCH3 is 1. The molecule has 5 nitrogen and oxygen atoms in total. The molecule has 0 bridgehead atoms. The van der Waals surface area contributed by atoms with E-state index in [2.05, 4.69) is 10.1 Å². The monoisotopic (exact) mass is 275 g/mol. The Morgan fingerprint density at radius 3 is 2.85 bits per heavy atom. The van der Waals surface area contributed by atoms with Crippen molar-refractivity contribution in [3.63, 3.8) is 0 Å². The van der Waals surface area contributed by atoms with Gasteiger partial charge in [-0.25, -0.2) is 4.79 Å². The third kappa shape index (κ3) is 3.12. The van der Waals surface area contributed by atoms with Gasteiger partial charge in [-0.15, -0.1) is 0 Å². The van der Waals surface area contributed by atoms with Gasteiger partial charge in [-0.1, -0.05) is 12.1 Å². The normalized spacial score (nSPS) is 10.1. The van der Waals surface area contributed by atoms with E-state index in [9.17, 15) is 4.79 Å². The molecule has 1 aromatic heterocycles. The maximum absolute atomic E-state index is 11.5. The second-order valence-electron chi connectivity index (χ2n) is 4.05. The fraction of sp³-hybridized carbons (Fsp3) is 0.267. The van der Waals surface area contributed by atoms with Gasteiger partial charge in [0.1, 0.15) is 5.75 Å². The average Bonchev–Trinajstić information content (AvgIpc) is 2.94. The van der Waals surface area contributed by atoms with Crippen molar-refractivity contribution in [3.8, 4) is 5.75 Å². The SMILES string of the molecule is CCOc1ccccc1NCc1ccoc1C(=O)OC. The van der Waals surface area contributed by atoms with E-state index in [0.717, 1.165) is 17.0 Å². The fourth-order valence-corrected chi connectivity index (χ4v) is 1.83. The molecule has 0 aliphatic rings. The number of furan rings is 1. The summed E-state index contributed by atoms with van der Waals surface area (Å²) in [4.78, 5) is 11.5. The minimum absolute atomic E-state index is 0.217. The smallest absolute Gasteiger partial charge is 0.374 e. The van der Waals surface area contributed by atoms with E-state index < -0.39 is 5.97 Å². The summed E-state index contributed by atoms with van der Waals surface area (Å²) >= 11 is 0. The Balaban J connectivity index is 2.09. The Morgan fingerprint density at radius 1 is 1.30 bits per heavy atom. The number of benzene rings is 1. The molecule has 1 N–H and O–H groups in total. The third-order valence-corrected chi connectivity index (χ3v) is 2.77. The first-order valence-electron chi connectivity index (χ1n) is 6.36. The highest BCUT2D eigenvalue weighted by molar-refractivity contribution is 5.87. The molecule has 1 aromatic carbocycles. The van der Waals surface area contributed by atoms with Crippen LogP contribution in [0, 0.1) is 0 Å². The Bertz CT molecular complexity index is 577. The van der Waals surface area contributed by atoms with Gasteiger partial charge in [0.2, 0.25) is 5.76 Å². The van der Waals surface area contributed by atoms with Crippen LogP contribution >= 0.6 is 0 Å². The zero-order chi connectivity index (χ0) is 14.4. The van der Waals surface area contributed by atoms with Crippen LogP contribution in [-0.4, -0.2) is 19.7 Å². The summed E-state index contributed by atoms with van der Waals surface area (Å²) in [6.45, 7) is 2.98. The average molecular weight is 275 g/mol. The number of esters is 1. The summed E-state index contributed by atoms with van der Waals surface area (Å²) in [5.74, 6) is 0.511. The lowest BCUT2D eigenvalue weighted by Crippen LogP contribution is -2.07. The molecule has 0 amide bonds. The number of carbonyl (C=O) groups excluding carboxylic acids is 1. The highest BCUT2D eigenvalue weighted by atomic mass is 16.5. The molecule has 20 heavy (non-hydrogen) atoms. The van der Waals surface area contributed by atoms with E-state index in [4.69, 9.17) is 9.15 Å². The summed E-state index contributed by atoms with van der Waals surface area (Å²) in [5.41, 5.74) is 1.61. The van der Waals surface area contributed by atoms with Crippen molar-refractivity contribution in [3.05, 3.63) is 47.9 Å². The van der Waals surface area contributed by atoms with Crippen molar-refractivity contribution in [2.24, 2.45) is 0 Å². The summed E-state index contributed by atoms with van der Waals surface area (Å²) < 4.78 is 15.3. The number of nitrogens with one attached hydrogen (secondary N) is 1. The number of hydrogen-bond acceptors (Lipinski definition) is 5. The van der Waals surface area contributed by atoms with Gasteiger partial charge in [0.05, 0.1) is 25.7 Å². The van der Waals surface area contributed by atoms with Crippen molar-refractivity contribution in [2.45, 2.75) is 13.5 Å². The van der Waals surface area contributed by atoms with E-state index in [1.54, 1.807) is 6.07 Å². The van der Waals surface area contributed by atoms with Crippen molar-refractivity contribution < 1.29 is 18.7 Å². The van der Waals surface area contributed by atoms with Crippen molar-refractivity contribution in [1.29, 1.82) is 0 Å². The summed E-state index contributed by atoms with van der Waals surface area (Å²) in [5, 5.41) is 3.23. The van der Waals surface area contributed by atoms with E-state index in [1.807, 2.05) is 31.2 Å². The fourth-order valence-electron chi connectivity index (χ4n) is 1.83. The predicted molar refractivity (Wildman–Crippen MR) is 75.0 cm³/mol. The van der Waals surface area contributed by atoms with E-state index in [0.29, 0.717) is 13.2 Å². The number of para-hydroxylation sites is 2. The topological polar surface area (TPSA) is 60.7 Å². The van der Waals surface area contributed by atoms with Gasteiger partial charge in [-0.3, -0.25) is 0 Å². The van der Waals surface area contributed by atoms with Gasteiger partial charge in [0.25, 0.3) is 0 Å². The number of ether oxygens (including phenoxy) is 2. The van der Waals surface area contributed by atoms with Crippen LogP contribution in [0.4, 0.5) is 5.69 Å². The van der Waals surface area contributed by atoms with Crippen LogP contribution in [0.15, 0.2) is 41.0 Å². The molecular weight excluding hydrogens is 258 g/mol. The van der Waals surface area contributed by atoms with Gasteiger partial charge in [0.15, 0.2) is 0 Å². The molecule has 1 heterocycles. The molecular formula is C15H17NO4. The van der Waals surface area contributed by atoms with Crippen LogP contribution in [-0.2, 0) is 11.3 Å². The zero-order valence-corrected chi connectivity index (χ0v) is 11.5. The zero-order valence-electron chi connectivity index (χ0n) is 11.5. The maximum Gasteiger partial charge on any atom is 0.374 e. The van der Waals surface area contributed by atoms with Crippen LogP contribution < -0.4 is 10.1 Å². The van der Waals surface area contributed by atoms with Crippen molar-refractivity contribution >= 4 is 11.7 Å². The van der Waals surface area contributed by atoms with Crippen LogP contribution in [0.1, 0.15) is 23.0 Å². The Kier molecular flexibility index (Phi) is 4.65. The quantitative estimate of drug-likeness (QED) is 0.821. The number of anilines is 1. The summed E-state index contributed by atoms with van der Waals surface area (Å²) in [6, 6.07) is 9.38. The lowest BCUT2D eigenvalue weighted by Gasteiger charge is -2.11. The molecule has 5 heteroatoms. The standard InChI is InChI=1S/C15H17NO4/c1-3-19-13-7-5-4-6-12(13)16-10-11-8-9-20-14(11)15(17)18-2/h4-9,16H,3,10H2,1-2H3. The van der Waals surface area contributed by atoms with Crippen molar-refractivity contribution in [1.82, 2.24) is 0 Å². The minimum atomic E-state index is -0.482. The van der Waals surface area contributed by atoms with Crippen molar-refractivity contribution in [2.75, 3.05) is 19.0 Å². The molecule has 2 aromatic rings. The largest absolute Gasteiger partial charge is 0.492 e. The lowest BCUT2D eigenvalue weighted by molar-refractivity contribution is 0.0563. The predicted octanol–water partition coefficient (Wildman–Crippen LogP) is 3.08. The molecule has 0 fully saturated rings. The van der Waals surface area contributed by atoms with Crippen LogP contribution in [0.2, 0.25) is 0 Å². The van der Waals surface area contributed by atoms with Gasteiger partial charge in [-0.05, 0) is 25.1 Å². The number of carbonyl (C=O) groups is 1. The highest BCUT2D eigenvalue weighted by Crippen LogP contribution is 2.25. The molecule has 0 saturated heterocycles. The number of rotatable bonds is 6. The van der Waals surface area contributed by atoms with Gasteiger partial charge in [-0.2, -0.15) is 0 Å². The molecule has 0 radical (unpaired) electrons. The third-order valence-electron chi connectivity index (χ3n) is 2.77. The first-order valence-corrected chi connectivity index (χ1v) is 6.36. The van der Waals surface area contributed by atoms with Crippen LogP contribution in [0.25, 0.3) is 0 Å². The highest BCUT2D eigenvalue weighted by Gasteiger charge is 2.15. The minimum Gasteiger partial charge on any atom is -0.492 e. The van der Waals surface area contributed by atoms with Crippen LogP contribution in [0.3, 0.4) is 0 Å². The van der Waals surface area contributed by atoms with Crippen LogP contribution in [0.5, 0.6) is 5.75 Å². The molecule has 0 aliphatic heterocycles. The van der Waals surface area contributed by atoms with Gasteiger partial charge >= 0.3 is 5.97 Å². The van der Waals surface area contributed by atoms with Gasteiger partial charge in [0, 0.05) is 12.1 Å². The molecule has 0 unspecified atom stereocenters. The van der Waals surface area contributed by atoms with E-state index in [-0.39, 0.29) is 5.76 Å². The summed E-state index contributed by atoms with van der Waals surface area (Å²) in [7, 11) is 1.33. The lowest BCUT2D eigenvalue weighted by atomic mass is 10.2. The summed E-state index contributed by atoms with van der Waals surface area (Å²) in [6.07, 6.45) is 1.47. The second-order valence-corrected chi connectivity index (χ2v) is 4.05. The van der Waals surface area contributed by atoms with E-state index in [1.165, 1.54) is 13.4 Å². The first-order chi connectivity index (χ1) is 9.76. The molecule has 0 aliphatic carbocycles. The molecule has 2 rings (SSSR count). The molecule has 0 spiro atoms. The first kappa shape index (κ1) is 14.0. The van der Waals surface area contributed by atoms with Gasteiger partial charge < -0.3 is 19.2 Å². The molecule has 0 saturated carbocycles. The maximum atomic E-state index is 11.5. The second kappa shape index (κ2) is 6.65. The Hall–Kier alpha value is -2.43. The van der Waals surface area contributed by atoms with E-state index >= 15 is 0 Å². The Morgan fingerprint density at radius 2 is 2.10 bits per heavy atom. The number of hydrogen-bond donors (Lipinski definition) is 1. The molecule has 0 atom stereocenters. The Labute approximate surface area is 117 Å².